The first-order valence-electron chi connectivity index (χ1n) is 10.3. The number of halogens is 2. The van der Waals surface area contributed by atoms with Gasteiger partial charge in [-0.05, 0) is 29.7 Å². The van der Waals surface area contributed by atoms with Crippen LogP contribution in [0.15, 0.2) is 48.0 Å². The summed E-state index contributed by atoms with van der Waals surface area (Å²) in [6.07, 6.45) is 1.47. The SMILES string of the molecule is CN(C)C(=O)C(C#N)=Cc1ccc(Cl)c(OCCC(=O)N[C@@H](Cc2ccccc2)B(O)O)c1Cl. The molecular formula is C23H24BCl2N3O5. The minimum absolute atomic E-state index is 0.0833. The van der Waals surface area contributed by atoms with E-state index in [-0.39, 0.29) is 40.8 Å². The van der Waals surface area contributed by atoms with Crippen molar-refractivity contribution in [2.45, 2.75) is 18.8 Å². The van der Waals surface area contributed by atoms with Gasteiger partial charge >= 0.3 is 7.12 Å². The molecule has 2 amide bonds. The maximum absolute atomic E-state index is 12.3. The Morgan fingerprint density at radius 2 is 1.88 bits per heavy atom. The Hall–Kier alpha value is -3.03. The average Bonchev–Trinajstić information content (AvgIpc) is 2.80. The first kappa shape index (κ1) is 27.2. The standard InChI is InChI=1S/C23H24BCl2N3O5/c1-29(2)23(31)17(14-27)13-16-8-9-18(25)22(21(16)26)34-11-10-20(30)28-19(24(32)33)12-15-6-4-3-5-7-15/h3-9,13,19,32-33H,10-12H2,1-2H3,(H,28,30)/t19-/m0/s1. The van der Waals surface area contributed by atoms with Crippen LogP contribution in [0.4, 0.5) is 0 Å². The van der Waals surface area contributed by atoms with Crippen LogP contribution in [-0.4, -0.2) is 60.5 Å². The van der Waals surface area contributed by atoms with Crippen molar-refractivity contribution in [2.24, 2.45) is 0 Å². The van der Waals surface area contributed by atoms with Crippen molar-refractivity contribution in [1.82, 2.24) is 10.2 Å². The molecule has 0 fully saturated rings. The molecule has 0 aliphatic heterocycles. The molecule has 0 aromatic heterocycles. The Balaban J connectivity index is 2.05. The van der Waals surface area contributed by atoms with Crippen LogP contribution in [0.5, 0.6) is 5.75 Å². The van der Waals surface area contributed by atoms with E-state index in [0.717, 1.165) is 5.56 Å². The molecule has 0 saturated heterocycles. The molecule has 0 spiro atoms. The number of carbonyl (C=O) groups excluding carboxylic acids is 2. The number of nitriles is 1. The largest absolute Gasteiger partial charge is 0.490 e. The van der Waals surface area contributed by atoms with Crippen LogP contribution in [0, 0.1) is 11.3 Å². The summed E-state index contributed by atoms with van der Waals surface area (Å²) in [5, 5.41) is 31.4. The number of ether oxygens (including phenoxy) is 1. The van der Waals surface area contributed by atoms with Crippen LogP contribution in [-0.2, 0) is 16.0 Å². The van der Waals surface area contributed by atoms with Crippen molar-refractivity contribution in [2.75, 3.05) is 20.7 Å². The molecule has 2 aromatic carbocycles. The zero-order valence-electron chi connectivity index (χ0n) is 18.7. The zero-order chi connectivity index (χ0) is 25.3. The van der Waals surface area contributed by atoms with Gasteiger partial charge in [0.1, 0.15) is 11.6 Å². The molecule has 0 heterocycles. The molecule has 0 bridgehead atoms. The Labute approximate surface area is 208 Å². The lowest BCUT2D eigenvalue weighted by molar-refractivity contribution is -0.124. The van der Waals surface area contributed by atoms with Crippen LogP contribution < -0.4 is 10.1 Å². The van der Waals surface area contributed by atoms with Gasteiger partial charge in [0, 0.05) is 14.1 Å². The van der Waals surface area contributed by atoms with Crippen molar-refractivity contribution >= 4 is 48.2 Å². The van der Waals surface area contributed by atoms with Crippen LogP contribution in [0.1, 0.15) is 17.5 Å². The Morgan fingerprint density at radius 3 is 2.47 bits per heavy atom. The van der Waals surface area contributed by atoms with Gasteiger partial charge in [-0.3, -0.25) is 9.59 Å². The van der Waals surface area contributed by atoms with E-state index < -0.39 is 24.9 Å². The van der Waals surface area contributed by atoms with Crippen molar-refractivity contribution in [3.63, 3.8) is 0 Å². The molecule has 2 aromatic rings. The lowest BCUT2D eigenvalue weighted by Gasteiger charge is -2.18. The number of rotatable bonds is 10. The first-order chi connectivity index (χ1) is 16.1. The number of carbonyl (C=O) groups is 2. The highest BCUT2D eigenvalue weighted by molar-refractivity contribution is 6.43. The van der Waals surface area contributed by atoms with E-state index in [9.17, 15) is 24.9 Å². The number of amides is 2. The zero-order valence-corrected chi connectivity index (χ0v) is 20.2. The van der Waals surface area contributed by atoms with E-state index in [2.05, 4.69) is 5.32 Å². The third-order valence-corrected chi connectivity index (χ3v) is 5.40. The van der Waals surface area contributed by atoms with Crippen molar-refractivity contribution in [3.8, 4) is 11.8 Å². The highest BCUT2D eigenvalue weighted by Gasteiger charge is 2.25. The molecule has 3 N–H and O–H groups in total. The summed E-state index contributed by atoms with van der Waals surface area (Å²) in [5.41, 5.74) is 1.07. The summed E-state index contributed by atoms with van der Waals surface area (Å²) < 4.78 is 5.61. The molecule has 0 saturated carbocycles. The van der Waals surface area contributed by atoms with E-state index >= 15 is 0 Å². The fourth-order valence-corrected chi connectivity index (χ4v) is 3.49. The van der Waals surface area contributed by atoms with Gasteiger partial charge in [-0.1, -0.05) is 59.6 Å². The molecule has 1 atom stereocenters. The van der Waals surface area contributed by atoms with Crippen LogP contribution in [0.2, 0.25) is 10.0 Å². The minimum Gasteiger partial charge on any atom is -0.490 e. The van der Waals surface area contributed by atoms with Crippen molar-refractivity contribution in [3.05, 3.63) is 69.2 Å². The van der Waals surface area contributed by atoms with Gasteiger partial charge in [-0.15, -0.1) is 0 Å². The van der Waals surface area contributed by atoms with Gasteiger partial charge in [0.15, 0.2) is 5.75 Å². The summed E-state index contributed by atoms with van der Waals surface area (Å²) in [5.74, 6) is -1.74. The van der Waals surface area contributed by atoms with Gasteiger partial charge in [0.2, 0.25) is 5.91 Å². The minimum atomic E-state index is -1.74. The third kappa shape index (κ3) is 7.78. The van der Waals surface area contributed by atoms with Gasteiger partial charge in [0.25, 0.3) is 5.91 Å². The normalized spacial score (nSPS) is 11.9. The molecule has 0 aliphatic carbocycles. The monoisotopic (exact) mass is 503 g/mol. The molecule has 11 heteroatoms. The number of benzene rings is 2. The highest BCUT2D eigenvalue weighted by atomic mass is 35.5. The lowest BCUT2D eigenvalue weighted by atomic mass is 9.76. The third-order valence-electron chi connectivity index (χ3n) is 4.72. The topological polar surface area (TPSA) is 123 Å². The molecular weight excluding hydrogens is 480 g/mol. The van der Waals surface area contributed by atoms with Crippen LogP contribution >= 0.6 is 23.2 Å². The summed E-state index contributed by atoms with van der Waals surface area (Å²) in [6, 6.07) is 14.0. The number of hydrogen-bond acceptors (Lipinski definition) is 6. The second-order valence-corrected chi connectivity index (χ2v) is 8.31. The van der Waals surface area contributed by atoms with Crippen molar-refractivity contribution in [1.29, 1.82) is 5.26 Å². The second-order valence-electron chi connectivity index (χ2n) is 7.52. The van der Waals surface area contributed by atoms with Gasteiger partial charge < -0.3 is 25.0 Å². The smallest absolute Gasteiger partial charge is 0.475 e. The predicted molar refractivity (Wildman–Crippen MR) is 131 cm³/mol. The highest BCUT2D eigenvalue weighted by Crippen LogP contribution is 2.36. The second kappa shape index (κ2) is 13.0. The molecule has 34 heavy (non-hydrogen) atoms. The molecule has 2 rings (SSSR count). The molecule has 0 aliphatic rings. The Morgan fingerprint density at radius 1 is 1.21 bits per heavy atom. The molecule has 8 nitrogen and oxygen atoms in total. The maximum Gasteiger partial charge on any atom is 0.475 e. The van der Waals surface area contributed by atoms with Gasteiger partial charge in [-0.2, -0.15) is 5.26 Å². The number of likely N-dealkylation sites (N-methyl/N-ethyl adjacent to an activating group) is 1. The molecule has 178 valence electrons. The van der Waals surface area contributed by atoms with E-state index in [1.54, 1.807) is 6.07 Å². The summed E-state index contributed by atoms with van der Waals surface area (Å²) >= 11 is 12.6. The van der Waals surface area contributed by atoms with E-state index in [4.69, 9.17) is 27.9 Å². The lowest BCUT2D eigenvalue weighted by Crippen LogP contribution is -2.48. The summed E-state index contributed by atoms with van der Waals surface area (Å²) in [6.45, 7) is -0.0975. The number of nitrogens with one attached hydrogen (secondary N) is 1. The van der Waals surface area contributed by atoms with Gasteiger partial charge in [-0.25, -0.2) is 0 Å². The van der Waals surface area contributed by atoms with Crippen LogP contribution in [0.3, 0.4) is 0 Å². The van der Waals surface area contributed by atoms with E-state index in [1.165, 1.54) is 31.1 Å². The number of hydrogen-bond donors (Lipinski definition) is 3. The fourth-order valence-electron chi connectivity index (χ4n) is 2.95. The fraction of sp³-hybridized carbons (Fsp3) is 0.261. The Bertz CT molecular complexity index is 1090. The van der Waals surface area contributed by atoms with E-state index in [0.29, 0.717) is 5.56 Å². The van der Waals surface area contributed by atoms with E-state index in [1.807, 2.05) is 36.4 Å². The van der Waals surface area contributed by atoms with Crippen LogP contribution in [0.25, 0.3) is 6.08 Å². The first-order valence-corrected chi connectivity index (χ1v) is 11.0. The maximum atomic E-state index is 12.3. The summed E-state index contributed by atoms with van der Waals surface area (Å²) in [4.78, 5) is 25.7. The quantitative estimate of drug-likeness (QED) is 0.260. The molecule has 0 unspecified atom stereocenters. The van der Waals surface area contributed by atoms with Crippen molar-refractivity contribution < 1.29 is 24.4 Å². The molecule has 0 radical (unpaired) electrons. The summed E-state index contributed by atoms with van der Waals surface area (Å²) in [7, 11) is 1.31. The average molecular weight is 504 g/mol. The van der Waals surface area contributed by atoms with Gasteiger partial charge in [0.05, 0.1) is 29.0 Å². The Kier molecular flexibility index (Phi) is 10.4. The predicted octanol–water partition coefficient (Wildman–Crippen LogP) is 2.50. The number of nitrogens with zero attached hydrogens (tertiary/aromatic N) is 2.